The average Bonchev–Trinajstić information content (AvgIpc) is 3.79. The van der Waals surface area contributed by atoms with Crippen LogP contribution < -0.4 is 9.47 Å². The fourth-order valence-corrected chi connectivity index (χ4v) is 6.05. The van der Waals surface area contributed by atoms with Crippen LogP contribution in [0.3, 0.4) is 0 Å². The summed E-state index contributed by atoms with van der Waals surface area (Å²) in [4.78, 5) is 24.3. The van der Waals surface area contributed by atoms with Crippen molar-refractivity contribution < 1.29 is 38.0 Å². The maximum absolute atomic E-state index is 12.1. The second kappa shape index (κ2) is 14.6. The first-order valence-corrected chi connectivity index (χ1v) is 15.8. The van der Waals surface area contributed by atoms with Gasteiger partial charge in [-0.25, -0.2) is 0 Å². The van der Waals surface area contributed by atoms with Crippen molar-refractivity contribution in [3.63, 3.8) is 0 Å². The van der Waals surface area contributed by atoms with Gasteiger partial charge >= 0.3 is 11.9 Å². The van der Waals surface area contributed by atoms with Gasteiger partial charge in [0.05, 0.1) is 57.6 Å². The topological polar surface area (TPSA) is 92.8 Å². The van der Waals surface area contributed by atoms with Crippen LogP contribution in [0.25, 0.3) is 0 Å². The average molecular weight is 595 g/mol. The van der Waals surface area contributed by atoms with Crippen molar-refractivity contribution in [1.29, 1.82) is 0 Å². The predicted molar refractivity (Wildman–Crippen MR) is 161 cm³/mol. The van der Waals surface area contributed by atoms with E-state index in [1.807, 2.05) is 24.3 Å². The van der Waals surface area contributed by atoms with Crippen LogP contribution in [0.4, 0.5) is 0 Å². The van der Waals surface area contributed by atoms with Gasteiger partial charge in [-0.2, -0.15) is 0 Å². The van der Waals surface area contributed by atoms with Crippen LogP contribution >= 0.6 is 0 Å². The molecule has 0 radical (unpaired) electrons. The Labute approximate surface area is 255 Å². The summed E-state index contributed by atoms with van der Waals surface area (Å²) in [7, 11) is 0. The molecule has 2 aliphatic heterocycles. The lowest BCUT2D eigenvalue weighted by Crippen LogP contribution is -2.27. The molecule has 234 valence electrons. The van der Waals surface area contributed by atoms with Crippen LogP contribution in [-0.2, 0) is 34.0 Å². The molecule has 0 amide bonds. The van der Waals surface area contributed by atoms with E-state index in [9.17, 15) is 9.59 Å². The summed E-state index contributed by atoms with van der Waals surface area (Å²) < 4.78 is 33.6. The lowest BCUT2D eigenvalue weighted by atomic mass is 9.78. The van der Waals surface area contributed by atoms with Gasteiger partial charge in [-0.1, -0.05) is 38.1 Å². The number of esters is 2. The summed E-state index contributed by atoms with van der Waals surface area (Å²) in [5, 5.41) is 0. The molecule has 2 saturated heterocycles. The molecule has 3 fully saturated rings. The number of ether oxygens (including phenoxy) is 6. The van der Waals surface area contributed by atoms with Crippen molar-refractivity contribution in [3.8, 4) is 11.5 Å². The van der Waals surface area contributed by atoms with Gasteiger partial charge in [0, 0.05) is 12.0 Å². The zero-order valence-corrected chi connectivity index (χ0v) is 25.8. The molecule has 0 bridgehead atoms. The van der Waals surface area contributed by atoms with Gasteiger partial charge in [0.15, 0.2) is 0 Å². The highest BCUT2D eigenvalue weighted by molar-refractivity contribution is 5.69. The Balaban J connectivity index is 0.994. The molecule has 5 rings (SSSR count). The molecule has 1 aliphatic carbocycles. The molecule has 2 aromatic rings. The summed E-state index contributed by atoms with van der Waals surface area (Å²) in [6, 6.07) is 16.0. The highest BCUT2D eigenvalue weighted by atomic mass is 16.6. The first-order chi connectivity index (χ1) is 20.8. The third-order valence-electron chi connectivity index (χ3n) is 8.97. The molecule has 1 saturated carbocycles. The van der Waals surface area contributed by atoms with E-state index in [0.29, 0.717) is 37.3 Å². The predicted octanol–water partition coefficient (Wildman–Crippen LogP) is 6.02. The van der Waals surface area contributed by atoms with Crippen molar-refractivity contribution >= 4 is 11.9 Å². The zero-order chi connectivity index (χ0) is 30.2. The van der Waals surface area contributed by atoms with Crippen LogP contribution in [0.1, 0.15) is 76.8 Å². The fourth-order valence-electron chi connectivity index (χ4n) is 6.05. The SMILES string of the molecule is CC1CC(COC(=O)CCOc2ccc(C(C)(C)c3ccc(OCCC(=O)OCC4CCC5OC5C4)cc3)cc2)CCO1. The molecule has 2 heterocycles. The van der Waals surface area contributed by atoms with Crippen molar-refractivity contribution in [1.82, 2.24) is 0 Å². The summed E-state index contributed by atoms with van der Waals surface area (Å²) in [6.07, 6.45) is 6.56. The Hall–Kier alpha value is -3.10. The number of hydrogen-bond donors (Lipinski definition) is 0. The molecule has 3 aliphatic rings. The van der Waals surface area contributed by atoms with Gasteiger partial charge in [-0.05, 0) is 86.3 Å². The van der Waals surface area contributed by atoms with Gasteiger partial charge in [0.1, 0.15) is 11.5 Å². The lowest BCUT2D eigenvalue weighted by Gasteiger charge is -2.27. The fraction of sp³-hybridized carbons (Fsp3) is 0.600. The largest absolute Gasteiger partial charge is 0.493 e. The van der Waals surface area contributed by atoms with E-state index in [-0.39, 0.29) is 49.5 Å². The maximum Gasteiger partial charge on any atom is 0.309 e. The third-order valence-corrected chi connectivity index (χ3v) is 8.97. The molecule has 43 heavy (non-hydrogen) atoms. The zero-order valence-electron chi connectivity index (χ0n) is 25.8. The molecule has 8 heteroatoms. The Morgan fingerprint density at radius 1 is 0.744 bits per heavy atom. The van der Waals surface area contributed by atoms with E-state index < -0.39 is 0 Å². The van der Waals surface area contributed by atoms with Crippen LogP contribution in [-0.4, -0.2) is 63.3 Å². The smallest absolute Gasteiger partial charge is 0.309 e. The molecular formula is C35H46O8. The molecule has 5 unspecified atom stereocenters. The van der Waals surface area contributed by atoms with Crippen LogP contribution in [0.5, 0.6) is 11.5 Å². The van der Waals surface area contributed by atoms with Crippen molar-refractivity contribution in [2.45, 2.75) is 89.4 Å². The highest BCUT2D eigenvalue weighted by Gasteiger charge is 2.44. The van der Waals surface area contributed by atoms with E-state index in [2.05, 4.69) is 45.0 Å². The number of fused-ring (bicyclic) bond motifs is 1. The van der Waals surface area contributed by atoms with E-state index in [4.69, 9.17) is 28.4 Å². The molecule has 0 aromatic heterocycles. The molecule has 0 spiro atoms. The number of rotatable bonds is 14. The standard InChI is InChI=1S/C35H46O8/c1-24-20-26(14-17-38-24)23-42-34(37)16-19-40-30-11-7-28(8-12-30)35(2,3)27-5-9-29(10-6-27)39-18-15-33(36)41-22-25-4-13-31-32(21-25)43-31/h5-12,24-26,31-32H,4,13-23H2,1-3H3. The number of hydrogen-bond acceptors (Lipinski definition) is 8. The lowest BCUT2D eigenvalue weighted by molar-refractivity contribution is -0.147. The Morgan fingerprint density at radius 3 is 1.79 bits per heavy atom. The van der Waals surface area contributed by atoms with E-state index >= 15 is 0 Å². The summed E-state index contributed by atoms with van der Waals surface area (Å²) in [5.41, 5.74) is 2.05. The second-order valence-electron chi connectivity index (χ2n) is 12.7. The number of carbonyl (C=O) groups is 2. The number of benzene rings is 2. The molecule has 0 N–H and O–H groups in total. The third kappa shape index (κ3) is 9.19. The number of carbonyl (C=O) groups excluding carboxylic acids is 2. The van der Waals surface area contributed by atoms with Crippen molar-refractivity contribution in [2.75, 3.05) is 33.0 Å². The minimum atomic E-state index is -0.239. The summed E-state index contributed by atoms with van der Waals surface area (Å²) in [6.45, 7) is 8.63. The maximum atomic E-state index is 12.1. The van der Waals surface area contributed by atoms with Gasteiger partial charge < -0.3 is 28.4 Å². The number of epoxide rings is 1. The van der Waals surface area contributed by atoms with Gasteiger partial charge in [0.25, 0.3) is 0 Å². The quantitative estimate of drug-likeness (QED) is 0.194. The molecule has 8 nitrogen and oxygen atoms in total. The first kappa shape index (κ1) is 31.3. The summed E-state index contributed by atoms with van der Waals surface area (Å²) >= 11 is 0. The van der Waals surface area contributed by atoms with Crippen molar-refractivity contribution in [3.05, 3.63) is 59.7 Å². The molecule has 2 aromatic carbocycles. The van der Waals surface area contributed by atoms with Crippen LogP contribution in [0.15, 0.2) is 48.5 Å². The Bertz CT molecular complexity index is 1120. The normalized spacial score (nSPS) is 24.9. The Morgan fingerprint density at radius 2 is 1.28 bits per heavy atom. The second-order valence-corrected chi connectivity index (χ2v) is 12.7. The minimum Gasteiger partial charge on any atom is -0.493 e. The minimum absolute atomic E-state index is 0.218. The van der Waals surface area contributed by atoms with Gasteiger partial charge in [-0.3, -0.25) is 9.59 Å². The first-order valence-electron chi connectivity index (χ1n) is 15.8. The molecule has 5 atom stereocenters. The molecular weight excluding hydrogens is 548 g/mol. The van der Waals surface area contributed by atoms with Gasteiger partial charge in [-0.15, -0.1) is 0 Å². The van der Waals surface area contributed by atoms with Crippen LogP contribution in [0.2, 0.25) is 0 Å². The monoisotopic (exact) mass is 594 g/mol. The van der Waals surface area contributed by atoms with Gasteiger partial charge in [0.2, 0.25) is 0 Å². The summed E-state index contributed by atoms with van der Waals surface area (Å²) in [5.74, 6) is 1.79. The van der Waals surface area contributed by atoms with Crippen LogP contribution in [0, 0.1) is 11.8 Å². The van der Waals surface area contributed by atoms with Crippen molar-refractivity contribution in [2.24, 2.45) is 11.8 Å². The van der Waals surface area contributed by atoms with E-state index in [0.717, 1.165) is 61.3 Å². The Kier molecular flexibility index (Phi) is 10.6. The van der Waals surface area contributed by atoms with E-state index in [1.54, 1.807) is 0 Å². The highest BCUT2D eigenvalue weighted by Crippen LogP contribution is 2.39. The van der Waals surface area contributed by atoms with E-state index in [1.165, 1.54) is 0 Å².